The monoisotopic (exact) mass is 453 g/mol. The lowest BCUT2D eigenvalue weighted by molar-refractivity contribution is -0.140. The molecule has 4 rings (SSSR count). The third-order valence-corrected chi connectivity index (χ3v) is 5.74. The molecule has 1 N–H and O–H groups in total. The van der Waals surface area contributed by atoms with Gasteiger partial charge in [-0.15, -0.1) is 0 Å². The van der Waals surface area contributed by atoms with Crippen LogP contribution >= 0.6 is 11.3 Å². The molecular formula is C22H19N3O6S. The Morgan fingerprint density at radius 1 is 1.03 bits per heavy atom. The van der Waals surface area contributed by atoms with Gasteiger partial charge in [-0.1, -0.05) is 23.5 Å². The summed E-state index contributed by atoms with van der Waals surface area (Å²) in [6, 6.07) is 14.1. The average Bonchev–Trinajstić information content (AvgIpc) is 3.24. The number of ether oxygens (including phenoxy) is 3. The molecule has 1 aliphatic rings. The first-order chi connectivity index (χ1) is 15.5. The summed E-state index contributed by atoms with van der Waals surface area (Å²) in [6.45, 7) is -0.0432. The van der Waals surface area contributed by atoms with E-state index in [1.54, 1.807) is 24.3 Å². The number of carbonyl (C=O) groups excluding carboxylic acids is 3. The second-order valence-corrected chi connectivity index (χ2v) is 7.73. The number of carbonyl (C=O) groups is 3. The van der Waals surface area contributed by atoms with Crippen molar-refractivity contribution in [3.8, 4) is 0 Å². The number of methoxy groups -OCH3 is 2. The number of esters is 2. The van der Waals surface area contributed by atoms with E-state index in [2.05, 4.69) is 10.3 Å². The highest BCUT2D eigenvalue weighted by Gasteiger charge is 2.32. The van der Waals surface area contributed by atoms with Crippen molar-refractivity contribution in [3.63, 3.8) is 0 Å². The Labute approximate surface area is 187 Å². The Balaban J connectivity index is 1.57. The lowest BCUT2D eigenvalue weighted by atomic mass is 10.1. The molecule has 0 saturated carbocycles. The summed E-state index contributed by atoms with van der Waals surface area (Å²) in [6.07, 6.45) is 0. The molecule has 0 unspecified atom stereocenters. The predicted molar refractivity (Wildman–Crippen MR) is 118 cm³/mol. The molecule has 0 aliphatic carbocycles. The van der Waals surface area contributed by atoms with Gasteiger partial charge in [-0.25, -0.2) is 14.6 Å². The normalized spacial score (nSPS) is 13.8. The number of thiazole rings is 1. The van der Waals surface area contributed by atoms with Crippen LogP contribution in [0.4, 0.5) is 10.8 Å². The van der Waals surface area contributed by atoms with Crippen LogP contribution in [0.5, 0.6) is 0 Å². The fourth-order valence-electron chi connectivity index (χ4n) is 3.24. The Morgan fingerprint density at radius 2 is 1.75 bits per heavy atom. The van der Waals surface area contributed by atoms with Gasteiger partial charge in [0.1, 0.15) is 12.4 Å². The lowest BCUT2D eigenvalue weighted by Gasteiger charge is -2.31. The van der Waals surface area contributed by atoms with E-state index in [1.807, 2.05) is 24.3 Å². The van der Waals surface area contributed by atoms with Crippen LogP contribution in [0.25, 0.3) is 10.2 Å². The topological polar surface area (TPSA) is 107 Å². The number of hydrogen-bond donors (Lipinski definition) is 1. The molecule has 1 aliphatic heterocycles. The summed E-state index contributed by atoms with van der Waals surface area (Å²) in [5, 5.41) is 3.30. The number of para-hydroxylation sites is 1. The van der Waals surface area contributed by atoms with E-state index >= 15 is 0 Å². The maximum Gasteiger partial charge on any atom is 0.355 e. The van der Waals surface area contributed by atoms with Crippen LogP contribution in [-0.4, -0.2) is 50.4 Å². The second-order valence-electron chi connectivity index (χ2n) is 6.70. The molecule has 2 aromatic carbocycles. The SMILES string of the molecule is COC(=O)C1=C(C(=O)OC)N(c2ccc(C(=O)Nc3nc4ccccc4s3)cc2)COC1. The molecule has 1 amide bonds. The van der Waals surface area contributed by atoms with Gasteiger partial charge < -0.3 is 19.1 Å². The van der Waals surface area contributed by atoms with E-state index in [9.17, 15) is 14.4 Å². The number of benzene rings is 2. The first kappa shape index (κ1) is 21.5. The largest absolute Gasteiger partial charge is 0.466 e. The molecule has 9 nitrogen and oxygen atoms in total. The van der Waals surface area contributed by atoms with Crippen LogP contribution in [0.2, 0.25) is 0 Å². The molecule has 164 valence electrons. The fraction of sp³-hybridized carbons (Fsp3) is 0.182. The van der Waals surface area contributed by atoms with Gasteiger partial charge in [0.2, 0.25) is 0 Å². The minimum absolute atomic E-state index is 0.0299. The van der Waals surface area contributed by atoms with Crippen molar-refractivity contribution >= 4 is 50.2 Å². The molecule has 0 atom stereocenters. The van der Waals surface area contributed by atoms with Crippen molar-refractivity contribution in [2.75, 3.05) is 37.8 Å². The Bertz CT molecular complexity index is 1180. The van der Waals surface area contributed by atoms with E-state index in [0.29, 0.717) is 16.4 Å². The minimum Gasteiger partial charge on any atom is -0.466 e. The smallest absolute Gasteiger partial charge is 0.355 e. The number of rotatable bonds is 5. The van der Waals surface area contributed by atoms with Crippen LogP contribution in [0.1, 0.15) is 10.4 Å². The molecule has 2 heterocycles. The zero-order valence-corrected chi connectivity index (χ0v) is 18.1. The molecule has 0 saturated heterocycles. The fourth-order valence-corrected chi connectivity index (χ4v) is 4.10. The van der Waals surface area contributed by atoms with Gasteiger partial charge in [0.15, 0.2) is 5.13 Å². The molecule has 0 bridgehead atoms. The number of aromatic nitrogens is 1. The summed E-state index contributed by atoms with van der Waals surface area (Å²) in [4.78, 5) is 43.0. The molecule has 0 spiro atoms. The molecule has 0 radical (unpaired) electrons. The van der Waals surface area contributed by atoms with Gasteiger partial charge in [0, 0.05) is 11.3 Å². The third kappa shape index (κ3) is 4.18. The summed E-state index contributed by atoms with van der Waals surface area (Å²) < 4.78 is 16.0. The van der Waals surface area contributed by atoms with Crippen molar-refractivity contribution in [2.24, 2.45) is 0 Å². The van der Waals surface area contributed by atoms with E-state index < -0.39 is 11.9 Å². The van der Waals surface area contributed by atoms with Gasteiger partial charge in [-0.3, -0.25) is 10.1 Å². The number of hydrogen-bond acceptors (Lipinski definition) is 9. The van der Waals surface area contributed by atoms with Crippen LogP contribution < -0.4 is 10.2 Å². The molecule has 1 aromatic heterocycles. The quantitative estimate of drug-likeness (QED) is 0.588. The van der Waals surface area contributed by atoms with Crippen molar-refractivity contribution in [2.45, 2.75) is 0 Å². The molecule has 3 aromatic rings. The predicted octanol–water partition coefficient (Wildman–Crippen LogP) is 2.94. The number of nitrogens with one attached hydrogen (secondary N) is 1. The van der Waals surface area contributed by atoms with Crippen LogP contribution in [0.3, 0.4) is 0 Å². The maximum absolute atomic E-state index is 12.7. The molecule has 0 fully saturated rings. The summed E-state index contributed by atoms with van der Waals surface area (Å²) in [5.41, 5.74) is 1.86. The Kier molecular flexibility index (Phi) is 6.15. The van der Waals surface area contributed by atoms with Crippen molar-refractivity contribution in [1.29, 1.82) is 0 Å². The Morgan fingerprint density at radius 3 is 2.44 bits per heavy atom. The summed E-state index contributed by atoms with van der Waals surface area (Å²) in [7, 11) is 2.45. The zero-order chi connectivity index (χ0) is 22.7. The average molecular weight is 453 g/mol. The number of fused-ring (bicyclic) bond motifs is 1. The number of amides is 1. The summed E-state index contributed by atoms with van der Waals surface area (Å²) >= 11 is 1.39. The highest BCUT2D eigenvalue weighted by molar-refractivity contribution is 7.22. The van der Waals surface area contributed by atoms with Crippen molar-refractivity contribution in [1.82, 2.24) is 4.98 Å². The van der Waals surface area contributed by atoms with Gasteiger partial charge in [0.05, 0.1) is 36.6 Å². The van der Waals surface area contributed by atoms with Crippen LogP contribution in [0, 0.1) is 0 Å². The highest BCUT2D eigenvalue weighted by atomic mass is 32.1. The van der Waals surface area contributed by atoms with Crippen molar-refractivity contribution in [3.05, 3.63) is 65.4 Å². The van der Waals surface area contributed by atoms with Gasteiger partial charge in [-0.2, -0.15) is 0 Å². The summed E-state index contributed by atoms with van der Waals surface area (Å²) in [5.74, 6) is -1.68. The van der Waals surface area contributed by atoms with E-state index in [1.165, 1.54) is 30.5 Å². The first-order valence-electron chi connectivity index (χ1n) is 9.54. The first-order valence-corrected chi connectivity index (χ1v) is 10.4. The zero-order valence-electron chi connectivity index (χ0n) is 17.3. The highest BCUT2D eigenvalue weighted by Crippen LogP contribution is 2.28. The van der Waals surface area contributed by atoms with Gasteiger partial charge >= 0.3 is 11.9 Å². The lowest BCUT2D eigenvalue weighted by Crippen LogP contribution is -2.38. The molecule has 32 heavy (non-hydrogen) atoms. The molecule has 10 heteroatoms. The van der Waals surface area contributed by atoms with E-state index in [-0.39, 0.29) is 30.5 Å². The third-order valence-electron chi connectivity index (χ3n) is 4.79. The van der Waals surface area contributed by atoms with E-state index in [0.717, 1.165) is 10.2 Å². The molecular weight excluding hydrogens is 434 g/mol. The standard InChI is InChI=1S/C22H19N3O6S/c1-29-20(27)15-11-31-12-25(18(15)21(28)30-2)14-9-7-13(8-10-14)19(26)24-22-23-16-5-3-4-6-17(16)32-22/h3-10H,11-12H2,1-2H3,(H,23,24,26). The van der Waals surface area contributed by atoms with Gasteiger partial charge in [-0.05, 0) is 36.4 Å². The minimum atomic E-state index is -0.689. The number of anilines is 2. The maximum atomic E-state index is 12.7. The van der Waals surface area contributed by atoms with Gasteiger partial charge in [0.25, 0.3) is 5.91 Å². The van der Waals surface area contributed by atoms with Crippen LogP contribution in [-0.2, 0) is 23.8 Å². The van der Waals surface area contributed by atoms with Crippen LogP contribution in [0.15, 0.2) is 59.8 Å². The Hall–Kier alpha value is -3.76. The van der Waals surface area contributed by atoms with E-state index in [4.69, 9.17) is 14.2 Å². The second kappa shape index (κ2) is 9.16. The number of nitrogens with zero attached hydrogens (tertiary/aromatic N) is 2. The van der Waals surface area contributed by atoms with Crippen molar-refractivity contribution < 1.29 is 28.6 Å².